The maximum absolute atomic E-state index is 12.9. The van der Waals surface area contributed by atoms with E-state index in [1.807, 2.05) is 31.2 Å². The van der Waals surface area contributed by atoms with E-state index in [1.165, 1.54) is 14.1 Å². The lowest BCUT2D eigenvalue weighted by molar-refractivity contribution is -0.146. The van der Waals surface area contributed by atoms with E-state index in [0.29, 0.717) is 25.2 Å². The highest BCUT2D eigenvalue weighted by Crippen LogP contribution is 2.29. The Morgan fingerprint density at radius 2 is 1.96 bits per heavy atom. The summed E-state index contributed by atoms with van der Waals surface area (Å²) in [5.41, 5.74) is 1.79. The first-order chi connectivity index (χ1) is 12.9. The van der Waals surface area contributed by atoms with E-state index in [0.717, 1.165) is 17.5 Å². The van der Waals surface area contributed by atoms with Crippen LogP contribution in [0.4, 0.5) is 8.78 Å². The minimum absolute atomic E-state index is 0.0641. The first-order valence-corrected chi connectivity index (χ1v) is 9.24. The zero-order valence-corrected chi connectivity index (χ0v) is 15.1. The van der Waals surface area contributed by atoms with Crippen molar-refractivity contribution in [3.05, 3.63) is 51.7 Å². The summed E-state index contributed by atoms with van der Waals surface area (Å²) in [4.78, 5) is 27.1. The van der Waals surface area contributed by atoms with Crippen LogP contribution in [-0.2, 0) is 17.8 Å². The molecule has 3 heterocycles. The number of carbonyl (C=O) groups excluding carboxylic acids is 1. The standard InChI is InChI=1S/C19H22F2N4O2/c1-12-5-7-13(8-6-12)9-24-19(27)25-15(3-2-4-16(25)22-24)18(26)23-10-14(11-23)17(20)21/h5-8,14-15,17H,2-4,9-11H2,1H3/t15-/m0/s1. The molecule has 0 radical (unpaired) electrons. The molecule has 6 nitrogen and oxygen atoms in total. The fourth-order valence-electron chi connectivity index (χ4n) is 3.80. The maximum atomic E-state index is 12.9. The summed E-state index contributed by atoms with van der Waals surface area (Å²) in [5.74, 6) is -0.398. The largest absolute Gasteiger partial charge is 0.346 e. The van der Waals surface area contributed by atoms with Crippen molar-refractivity contribution < 1.29 is 13.6 Å². The predicted molar refractivity (Wildman–Crippen MR) is 94.8 cm³/mol. The Morgan fingerprint density at radius 3 is 2.63 bits per heavy atom. The highest BCUT2D eigenvalue weighted by atomic mass is 19.3. The van der Waals surface area contributed by atoms with Crippen LogP contribution in [0.5, 0.6) is 0 Å². The van der Waals surface area contributed by atoms with Gasteiger partial charge in [0.05, 0.1) is 12.5 Å². The Balaban J connectivity index is 1.56. The minimum Gasteiger partial charge on any atom is -0.340 e. The summed E-state index contributed by atoms with van der Waals surface area (Å²) < 4.78 is 28.2. The van der Waals surface area contributed by atoms with Gasteiger partial charge in [-0.15, -0.1) is 0 Å². The number of aryl methyl sites for hydroxylation is 2. The third kappa shape index (κ3) is 3.28. The second-order valence-corrected chi connectivity index (χ2v) is 7.46. The van der Waals surface area contributed by atoms with Gasteiger partial charge in [0.1, 0.15) is 11.9 Å². The van der Waals surface area contributed by atoms with Gasteiger partial charge in [-0.05, 0) is 25.3 Å². The van der Waals surface area contributed by atoms with Crippen molar-refractivity contribution in [3.63, 3.8) is 0 Å². The van der Waals surface area contributed by atoms with Crippen LogP contribution in [0, 0.1) is 12.8 Å². The number of halogens is 2. The maximum Gasteiger partial charge on any atom is 0.346 e. The summed E-state index contributed by atoms with van der Waals surface area (Å²) in [6.45, 7) is 2.47. The first kappa shape index (κ1) is 17.9. The number of hydrogen-bond donors (Lipinski definition) is 0. The van der Waals surface area contributed by atoms with E-state index in [1.54, 1.807) is 0 Å². The van der Waals surface area contributed by atoms with Crippen LogP contribution in [0.25, 0.3) is 0 Å². The molecule has 0 unspecified atom stereocenters. The molecule has 144 valence electrons. The van der Waals surface area contributed by atoms with Crippen molar-refractivity contribution in [2.75, 3.05) is 13.1 Å². The molecular weight excluding hydrogens is 354 g/mol. The Bertz CT molecular complexity index is 897. The summed E-state index contributed by atoms with van der Waals surface area (Å²) >= 11 is 0. The zero-order valence-electron chi connectivity index (χ0n) is 15.1. The molecule has 0 spiro atoms. The molecular formula is C19H22F2N4O2. The van der Waals surface area contributed by atoms with E-state index >= 15 is 0 Å². The predicted octanol–water partition coefficient (Wildman–Crippen LogP) is 2.00. The van der Waals surface area contributed by atoms with E-state index in [-0.39, 0.29) is 24.7 Å². The molecule has 0 saturated carbocycles. The number of carbonyl (C=O) groups is 1. The van der Waals surface area contributed by atoms with Gasteiger partial charge in [0.2, 0.25) is 12.3 Å². The van der Waals surface area contributed by atoms with E-state index < -0.39 is 18.4 Å². The SMILES string of the molecule is Cc1ccc(Cn2nc3n(c2=O)[C@H](C(=O)N2CC(C(F)F)C2)CCC3)cc1. The molecule has 0 aliphatic carbocycles. The number of benzene rings is 1. The minimum atomic E-state index is -2.41. The lowest BCUT2D eigenvalue weighted by Crippen LogP contribution is -2.55. The molecule has 1 fully saturated rings. The second kappa shape index (κ2) is 6.90. The van der Waals surface area contributed by atoms with Crippen LogP contribution in [0.2, 0.25) is 0 Å². The van der Waals surface area contributed by atoms with E-state index in [2.05, 4.69) is 5.10 Å². The van der Waals surface area contributed by atoms with Gasteiger partial charge in [0.25, 0.3) is 0 Å². The Morgan fingerprint density at radius 1 is 1.26 bits per heavy atom. The monoisotopic (exact) mass is 376 g/mol. The third-order valence-electron chi connectivity index (χ3n) is 5.45. The van der Waals surface area contributed by atoms with Gasteiger partial charge in [0, 0.05) is 19.5 Å². The van der Waals surface area contributed by atoms with Gasteiger partial charge in [-0.1, -0.05) is 29.8 Å². The topological polar surface area (TPSA) is 60.1 Å². The molecule has 1 amide bonds. The number of likely N-dealkylation sites (tertiary alicyclic amines) is 1. The molecule has 8 heteroatoms. The zero-order chi connectivity index (χ0) is 19.1. The average Bonchev–Trinajstić information content (AvgIpc) is 2.91. The van der Waals surface area contributed by atoms with Crippen LogP contribution in [0.15, 0.2) is 29.1 Å². The van der Waals surface area contributed by atoms with Gasteiger partial charge < -0.3 is 4.90 Å². The molecule has 2 aliphatic heterocycles. The quantitative estimate of drug-likeness (QED) is 0.820. The molecule has 4 rings (SSSR count). The van der Waals surface area contributed by atoms with Crippen molar-refractivity contribution in [1.29, 1.82) is 0 Å². The number of nitrogens with zero attached hydrogens (tertiary/aromatic N) is 4. The fraction of sp³-hybridized carbons (Fsp3) is 0.526. The van der Waals surface area contributed by atoms with Gasteiger partial charge >= 0.3 is 5.69 Å². The van der Waals surface area contributed by atoms with Crippen molar-refractivity contribution in [3.8, 4) is 0 Å². The smallest absolute Gasteiger partial charge is 0.340 e. The van der Waals surface area contributed by atoms with Crippen molar-refractivity contribution in [2.24, 2.45) is 5.92 Å². The summed E-state index contributed by atoms with van der Waals surface area (Å²) in [7, 11) is 0. The van der Waals surface area contributed by atoms with Crippen LogP contribution >= 0.6 is 0 Å². The first-order valence-electron chi connectivity index (χ1n) is 9.24. The van der Waals surface area contributed by atoms with Crippen molar-refractivity contribution >= 4 is 5.91 Å². The third-order valence-corrected chi connectivity index (χ3v) is 5.45. The molecule has 2 aliphatic rings. The van der Waals surface area contributed by atoms with Crippen LogP contribution in [0.1, 0.15) is 35.8 Å². The number of alkyl halides is 2. The van der Waals surface area contributed by atoms with E-state index in [9.17, 15) is 18.4 Å². The molecule has 1 aromatic carbocycles. The van der Waals surface area contributed by atoms with Crippen LogP contribution < -0.4 is 5.69 Å². The highest BCUT2D eigenvalue weighted by Gasteiger charge is 2.41. The molecule has 2 aromatic rings. The summed E-state index contributed by atoms with van der Waals surface area (Å²) in [5, 5.41) is 4.42. The molecule has 27 heavy (non-hydrogen) atoms. The van der Waals surface area contributed by atoms with Crippen molar-refractivity contribution in [2.45, 2.75) is 45.2 Å². The number of hydrogen-bond acceptors (Lipinski definition) is 3. The Hall–Kier alpha value is -2.51. The Kier molecular flexibility index (Phi) is 4.57. The normalized spacial score (nSPS) is 19.9. The van der Waals surface area contributed by atoms with E-state index in [4.69, 9.17) is 0 Å². The average molecular weight is 376 g/mol. The summed E-state index contributed by atoms with van der Waals surface area (Å²) in [6, 6.07) is 7.23. The molecule has 1 atom stereocenters. The second-order valence-electron chi connectivity index (χ2n) is 7.46. The van der Waals surface area contributed by atoms with Gasteiger partial charge in [-0.25, -0.2) is 18.3 Å². The number of fused-ring (bicyclic) bond motifs is 1. The van der Waals surface area contributed by atoms with Gasteiger partial charge in [-0.2, -0.15) is 5.10 Å². The number of amides is 1. The fourth-order valence-corrected chi connectivity index (χ4v) is 3.80. The molecule has 1 aromatic heterocycles. The van der Waals surface area contributed by atoms with Gasteiger partial charge in [0.15, 0.2) is 0 Å². The highest BCUT2D eigenvalue weighted by molar-refractivity contribution is 5.81. The van der Waals surface area contributed by atoms with Crippen molar-refractivity contribution in [1.82, 2.24) is 19.2 Å². The molecule has 0 N–H and O–H groups in total. The number of aromatic nitrogens is 3. The van der Waals surface area contributed by atoms with Crippen LogP contribution in [-0.4, -0.2) is 44.7 Å². The van der Waals surface area contributed by atoms with Gasteiger partial charge in [-0.3, -0.25) is 9.36 Å². The molecule has 0 bridgehead atoms. The number of rotatable bonds is 4. The lowest BCUT2D eigenvalue weighted by atomic mass is 9.97. The summed E-state index contributed by atoms with van der Waals surface area (Å²) in [6.07, 6.45) is -0.475. The Labute approximate surface area is 155 Å². The van der Waals surface area contributed by atoms with Crippen LogP contribution in [0.3, 0.4) is 0 Å². The molecule has 1 saturated heterocycles. The lowest BCUT2D eigenvalue weighted by Gasteiger charge is -2.41.